The summed E-state index contributed by atoms with van der Waals surface area (Å²) in [6.45, 7) is 0. The van der Waals surface area contributed by atoms with Crippen LogP contribution in [0.15, 0.2) is 48.7 Å². The first-order valence-corrected chi connectivity index (χ1v) is 8.98. The maximum absolute atomic E-state index is 12.5. The fraction of sp³-hybridized carbons (Fsp3) is 0.263. The van der Waals surface area contributed by atoms with Gasteiger partial charge in [0, 0.05) is 12.6 Å². The summed E-state index contributed by atoms with van der Waals surface area (Å²) in [7, 11) is 1.63. The number of nitrogens with one attached hydrogen (secondary N) is 4. The SMILES string of the molecule is COc1ccc(Cc2nc(NC(=O)C3CC(c4ccccn4)NN3)n[nH]2)cc1. The van der Waals surface area contributed by atoms with Gasteiger partial charge >= 0.3 is 0 Å². The standard InChI is InChI=1S/C19H21N7O2/c1-28-13-7-5-12(6-8-13)10-17-21-19(26-25-17)22-18(27)16-11-15(23-24-16)14-4-2-3-9-20-14/h2-9,15-16,23-24H,10-11H2,1H3,(H2,21,22,25,26,27). The predicted octanol–water partition coefficient (Wildman–Crippen LogP) is 1.35. The lowest BCUT2D eigenvalue weighted by Gasteiger charge is -2.08. The Kier molecular flexibility index (Phi) is 5.27. The van der Waals surface area contributed by atoms with Crippen molar-refractivity contribution in [3.63, 3.8) is 0 Å². The van der Waals surface area contributed by atoms with Gasteiger partial charge in [0.1, 0.15) is 17.6 Å². The number of rotatable bonds is 6. The maximum Gasteiger partial charge on any atom is 0.248 e. The van der Waals surface area contributed by atoms with Gasteiger partial charge in [-0.1, -0.05) is 18.2 Å². The minimum absolute atomic E-state index is 0.0188. The van der Waals surface area contributed by atoms with Gasteiger partial charge in [0.15, 0.2) is 0 Å². The number of hydrogen-bond donors (Lipinski definition) is 4. The largest absolute Gasteiger partial charge is 0.497 e. The molecule has 0 radical (unpaired) electrons. The number of hydrazine groups is 1. The zero-order chi connectivity index (χ0) is 19.3. The van der Waals surface area contributed by atoms with Crippen LogP contribution in [0.5, 0.6) is 5.75 Å². The van der Waals surface area contributed by atoms with Crippen molar-refractivity contribution in [3.8, 4) is 5.75 Å². The molecule has 144 valence electrons. The first-order valence-electron chi connectivity index (χ1n) is 8.98. The second-order valence-electron chi connectivity index (χ2n) is 6.50. The Morgan fingerprint density at radius 2 is 2.07 bits per heavy atom. The molecular weight excluding hydrogens is 358 g/mol. The molecule has 2 atom stereocenters. The van der Waals surface area contributed by atoms with Crippen LogP contribution in [0, 0.1) is 0 Å². The number of pyridine rings is 1. The highest BCUT2D eigenvalue weighted by atomic mass is 16.5. The van der Waals surface area contributed by atoms with Crippen LogP contribution in [0.2, 0.25) is 0 Å². The van der Waals surface area contributed by atoms with E-state index in [1.54, 1.807) is 13.3 Å². The molecule has 0 saturated carbocycles. The molecule has 1 fully saturated rings. The van der Waals surface area contributed by atoms with E-state index in [1.807, 2.05) is 42.5 Å². The van der Waals surface area contributed by atoms with Crippen molar-refractivity contribution in [1.82, 2.24) is 31.0 Å². The van der Waals surface area contributed by atoms with Crippen molar-refractivity contribution in [2.24, 2.45) is 0 Å². The molecule has 1 aliphatic heterocycles. The summed E-state index contributed by atoms with van der Waals surface area (Å²) >= 11 is 0. The van der Waals surface area contributed by atoms with Gasteiger partial charge in [-0.25, -0.2) is 10.9 Å². The van der Waals surface area contributed by atoms with Gasteiger partial charge in [-0.3, -0.25) is 20.2 Å². The first kappa shape index (κ1) is 18.1. The first-order chi connectivity index (χ1) is 13.7. The van der Waals surface area contributed by atoms with Crippen LogP contribution in [-0.2, 0) is 11.2 Å². The minimum atomic E-state index is -0.393. The van der Waals surface area contributed by atoms with Gasteiger partial charge in [0.2, 0.25) is 11.9 Å². The molecule has 0 bridgehead atoms. The van der Waals surface area contributed by atoms with Crippen molar-refractivity contribution in [2.45, 2.75) is 24.9 Å². The Balaban J connectivity index is 1.33. The lowest BCUT2D eigenvalue weighted by Crippen LogP contribution is -2.39. The Bertz CT molecular complexity index is 927. The van der Waals surface area contributed by atoms with Crippen LogP contribution in [0.3, 0.4) is 0 Å². The number of methoxy groups -OCH3 is 1. The summed E-state index contributed by atoms with van der Waals surface area (Å²) in [5.74, 6) is 1.54. The van der Waals surface area contributed by atoms with Gasteiger partial charge in [-0.2, -0.15) is 4.98 Å². The molecule has 2 unspecified atom stereocenters. The number of carbonyl (C=O) groups is 1. The number of benzene rings is 1. The molecule has 3 aromatic rings. The van der Waals surface area contributed by atoms with Gasteiger partial charge in [0.05, 0.1) is 18.8 Å². The molecule has 1 saturated heterocycles. The normalized spacial score (nSPS) is 18.8. The monoisotopic (exact) mass is 379 g/mol. The van der Waals surface area contributed by atoms with Gasteiger partial charge in [-0.05, 0) is 36.2 Å². The number of amides is 1. The summed E-state index contributed by atoms with van der Waals surface area (Å²) in [5.41, 5.74) is 8.07. The molecule has 4 rings (SSSR count). The Hall–Kier alpha value is -3.30. The van der Waals surface area contributed by atoms with Crippen molar-refractivity contribution < 1.29 is 9.53 Å². The van der Waals surface area contributed by atoms with E-state index >= 15 is 0 Å². The zero-order valence-electron chi connectivity index (χ0n) is 15.3. The van der Waals surface area contributed by atoms with E-state index in [-0.39, 0.29) is 17.9 Å². The molecule has 0 aliphatic carbocycles. The Morgan fingerprint density at radius 3 is 2.82 bits per heavy atom. The van der Waals surface area contributed by atoms with Crippen molar-refractivity contribution in [1.29, 1.82) is 0 Å². The number of nitrogens with zero attached hydrogens (tertiary/aromatic N) is 3. The van der Waals surface area contributed by atoms with E-state index in [4.69, 9.17) is 4.74 Å². The number of aromatic nitrogens is 4. The van der Waals surface area contributed by atoms with E-state index in [1.165, 1.54) is 0 Å². The molecule has 9 heteroatoms. The van der Waals surface area contributed by atoms with Crippen molar-refractivity contribution in [3.05, 3.63) is 65.7 Å². The Morgan fingerprint density at radius 1 is 1.21 bits per heavy atom. The maximum atomic E-state index is 12.5. The number of anilines is 1. The fourth-order valence-corrected chi connectivity index (χ4v) is 3.07. The molecule has 2 aromatic heterocycles. The summed E-state index contributed by atoms with van der Waals surface area (Å²) in [5, 5.41) is 9.69. The van der Waals surface area contributed by atoms with Gasteiger partial charge in [0.25, 0.3) is 0 Å². The van der Waals surface area contributed by atoms with Crippen molar-refractivity contribution >= 4 is 11.9 Å². The second kappa shape index (κ2) is 8.15. The summed E-state index contributed by atoms with van der Waals surface area (Å²) in [6.07, 6.45) is 2.91. The number of ether oxygens (including phenoxy) is 1. The molecule has 1 aromatic carbocycles. The second-order valence-corrected chi connectivity index (χ2v) is 6.50. The van der Waals surface area contributed by atoms with Crippen LogP contribution < -0.4 is 20.9 Å². The molecule has 1 aliphatic rings. The summed E-state index contributed by atoms with van der Waals surface area (Å²) in [4.78, 5) is 21.2. The van der Waals surface area contributed by atoms with Crippen LogP contribution >= 0.6 is 0 Å². The van der Waals surface area contributed by atoms with Crippen LogP contribution in [0.4, 0.5) is 5.95 Å². The van der Waals surface area contributed by atoms with Gasteiger partial charge < -0.3 is 4.74 Å². The van der Waals surface area contributed by atoms with Crippen molar-refractivity contribution in [2.75, 3.05) is 12.4 Å². The van der Waals surface area contributed by atoms with Crippen LogP contribution in [0.25, 0.3) is 0 Å². The molecule has 9 nitrogen and oxygen atoms in total. The van der Waals surface area contributed by atoms with E-state index in [2.05, 4.69) is 36.3 Å². The lowest BCUT2D eigenvalue weighted by molar-refractivity contribution is -0.117. The Labute approximate surface area is 161 Å². The van der Waals surface area contributed by atoms with Gasteiger partial charge in [-0.15, -0.1) is 5.10 Å². The van der Waals surface area contributed by atoms with E-state index in [0.29, 0.717) is 18.7 Å². The van der Waals surface area contributed by atoms with E-state index < -0.39 is 6.04 Å². The molecule has 3 heterocycles. The summed E-state index contributed by atoms with van der Waals surface area (Å²) in [6, 6.07) is 13.0. The number of H-pyrrole nitrogens is 1. The molecule has 28 heavy (non-hydrogen) atoms. The van der Waals surface area contributed by atoms with Crippen LogP contribution in [0.1, 0.15) is 29.5 Å². The number of hydrogen-bond acceptors (Lipinski definition) is 7. The van der Waals surface area contributed by atoms with Crippen LogP contribution in [-0.4, -0.2) is 39.2 Å². The molecular formula is C19H21N7O2. The summed E-state index contributed by atoms with van der Waals surface area (Å²) < 4.78 is 5.15. The third-order valence-electron chi connectivity index (χ3n) is 4.56. The average Bonchev–Trinajstić information content (AvgIpc) is 3.39. The number of aromatic amines is 1. The molecule has 0 spiro atoms. The average molecular weight is 379 g/mol. The predicted molar refractivity (Wildman–Crippen MR) is 102 cm³/mol. The zero-order valence-corrected chi connectivity index (χ0v) is 15.3. The van der Waals surface area contributed by atoms with E-state index in [9.17, 15) is 4.79 Å². The number of carbonyl (C=O) groups excluding carboxylic acids is 1. The highest BCUT2D eigenvalue weighted by Gasteiger charge is 2.31. The molecule has 1 amide bonds. The minimum Gasteiger partial charge on any atom is -0.497 e. The fourth-order valence-electron chi connectivity index (χ4n) is 3.07. The highest BCUT2D eigenvalue weighted by Crippen LogP contribution is 2.20. The smallest absolute Gasteiger partial charge is 0.248 e. The lowest BCUT2D eigenvalue weighted by atomic mass is 10.1. The third-order valence-corrected chi connectivity index (χ3v) is 4.56. The topological polar surface area (TPSA) is 117 Å². The third kappa shape index (κ3) is 4.16. The highest BCUT2D eigenvalue weighted by molar-refractivity contribution is 5.93. The van der Waals surface area contributed by atoms with E-state index in [0.717, 1.165) is 17.0 Å². The molecule has 4 N–H and O–H groups in total. The quantitative estimate of drug-likeness (QED) is 0.511.